The third kappa shape index (κ3) is 7.58. The van der Waals surface area contributed by atoms with E-state index in [0.717, 1.165) is 16.7 Å². The normalized spacial score (nSPS) is 12.9. The zero-order valence-electron chi connectivity index (χ0n) is 16.3. The molecule has 0 spiro atoms. The van der Waals surface area contributed by atoms with Gasteiger partial charge in [0.15, 0.2) is 12.6 Å². The number of nitrogens with zero attached hydrogens (tertiary/aromatic N) is 1. The third-order valence-corrected chi connectivity index (χ3v) is 4.97. The molecule has 0 saturated carbocycles. The molecule has 2 aromatic rings. The van der Waals surface area contributed by atoms with Crippen LogP contribution in [-0.4, -0.2) is 56.1 Å². The number of aryl methyl sites for hydroxylation is 1. The molecule has 5 N–H and O–H groups in total. The molecule has 2 rings (SSSR count). The molecule has 0 fully saturated rings. The summed E-state index contributed by atoms with van der Waals surface area (Å²) in [6.07, 6.45) is -1.53. The summed E-state index contributed by atoms with van der Waals surface area (Å²) >= 11 is 0. The van der Waals surface area contributed by atoms with Crippen molar-refractivity contribution in [1.82, 2.24) is 4.90 Å². The lowest BCUT2D eigenvalue weighted by molar-refractivity contribution is -0.0679. The molecular formula is C22H31NO5. The Bertz CT molecular complexity index is 658. The fraction of sp³-hybridized carbons (Fsp3) is 0.455. The Kier molecular flexibility index (Phi) is 8.89. The van der Waals surface area contributed by atoms with Crippen molar-refractivity contribution in [2.45, 2.75) is 45.3 Å². The molecule has 28 heavy (non-hydrogen) atoms. The van der Waals surface area contributed by atoms with Crippen molar-refractivity contribution >= 4 is 0 Å². The maximum Gasteiger partial charge on any atom is 0.164 e. The van der Waals surface area contributed by atoms with Crippen LogP contribution in [0.2, 0.25) is 0 Å². The molecule has 0 aliphatic carbocycles. The van der Waals surface area contributed by atoms with Crippen LogP contribution in [-0.2, 0) is 13.0 Å². The van der Waals surface area contributed by atoms with Crippen molar-refractivity contribution in [3.8, 4) is 5.75 Å². The molecule has 154 valence electrons. The van der Waals surface area contributed by atoms with Crippen LogP contribution in [0.3, 0.4) is 0 Å². The van der Waals surface area contributed by atoms with Gasteiger partial charge in [-0.3, -0.25) is 4.90 Å². The van der Waals surface area contributed by atoms with E-state index in [1.165, 1.54) is 0 Å². The van der Waals surface area contributed by atoms with Gasteiger partial charge in [0.25, 0.3) is 0 Å². The topological polar surface area (TPSA) is 104 Å². The highest BCUT2D eigenvalue weighted by atomic mass is 16.5. The van der Waals surface area contributed by atoms with Gasteiger partial charge in [-0.1, -0.05) is 42.5 Å². The predicted molar refractivity (Wildman–Crippen MR) is 107 cm³/mol. The first-order valence-corrected chi connectivity index (χ1v) is 9.61. The number of rotatable bonds is 11. The number of para-hydroxylation sites is 1. The van der Waals surface area contributed by atoms with E-state index in [2.05, 4.69) is 0 Å². The summed E-state index contributed by atoms with van der Waals surface area (Å²) in [5, 5.41) is 47.8. The maximum atomic E-state index is 10.0. The minimum absolute atomic E-state index is 0.0662. The predicted octanol–water partition coefficient (Wildman–Crippen LogP) is 1.76. The molecule has 0 radical (unpaired) electrons. The number of phenolic OH excluding ortho intramolecular Hbond substituents is 1. The van der Waals surface area contributed by atoms with E-state index in [-0.39, 0.29) is 24.6 Å². The second kappa shape index (κ2) is 11.1. The van der Waals surface area contributed by atoms with E-state index in [1.54, 1.807) is 12.1 Å². The second-order valence-corrected chi connectivity index (χ2v) is 7.35. The quantitative estimate of drug-likeness (QED) is 0.375. The van der Waals surface area contributed by atoms with Crippen molar-refractivity contribution < 1.29 is 25.5 Å². The molecule has 2 aromatic carbocycles. The molecule has 0 heterocycles. The molecular weight excluding hydrogens is 358 g/mol. The summed E-state index contributed by atoms with van der Waals surface area (Å²) in [6.45, 7) is 3.28. The van der Waals surface area contributed by atoms with Crippen LogP contribution in [0, 0.1) is 12.8 Å². The van der Waals surface area contributed by atoms with Gasteiger partial charge < -0.3 is 25.5 Å². The van der Waals surface area contributed by atoms with Crippen LogP contribution in [0.5, 0.6) is 5.75 Å². The Morgan fingerprint density at radius 2 is 1.50 bits per heavy atom. The highest BCUT2D eigenvalue weighted by molar-refractivity contribution is 5.32. The summed E-state index contributed by atoms with van der Waals surface area (Å²) in [5.74, 6) is 0.131. The van der Waals surface area contributed by atoms with Crippen LogP contribution in [0.4, 0.5) is 0 Å². The minimum Gasteiger partial charge on any atom is -0.508 e. The fourth-order valence-electron chi connectivity index (χ4n) is 3.46. The van der Waals surface area contributed by atoms with Gasteiger partial charge in [0.05, 0.1) is 0 Å². The molecule has 1 unspecified atom stereocenters. The summed E-state index contributed by atoms with van der Waals surface area (Å²) in [7, 11) is 0. The van der Waals surface area contributed by atoms with Gasteiger partial charge in [-0.05, 0) is 55.0 Å². The van der Waals surface area contributed by atoms with Gasteiger partial charge in [-0.2, -0.15) is 0 Å². The summed E-state index contributed by atoms with van der Waals surface area (Å²) in [5.41, 5.74) is 3.01. The molecule has 0 aromatic heterocycles. The van der Waals surface area contributed by atoms with E-state index >= 15 is 0 Å². The van der Waals surface area contributed by atoms with Crippen molar-refractivity contribution in [3.63, 3.8) is 0 Å². The Morgan fingerprint density at radius 1 is 0.857 bits per heavy atom. The van der Waals surface area contributed by atoms with Crippen LogP contribution >= 0.6 is 0 Å². The standard InChI is InChI=1S/C22H31NO5/c1-16-6-2-3-8-19(16)14-23(15-22(27)28)11-10-17(13-21(25)26)12-18-7-4-5-9-20(18)24/h2-9,17,21-22,24-28H,10-15H2,1H3. The van der Waals surface area contributed by atoms with E-state index < -0.39 is 12.6 Å². The Morgan fingerprint density at radius 3 is 2.11 bits per heavy atom. The SMILES string of the molecule is Cc1ccccc1CN(CCC(Cc1ccccc1O)CC(O)O)CC(O)O. The van der Waals surface area contributed by atoms with Gasteiger partial charge >= 0.3 is 0 Å². The fourth-order valence-corrected chi connectivity index (χ4v) is 3.46. The lowest BCUT2D eigenvalue weighted by atomic mass is 9.92. The average Bonchev–Trinajstić information content (AvgIpc) is 2.62. The molecule has 6 nitrogen and oxygen atoms in total. The number of benzene rings is 2. The van der Waals surface area contributed by atoms with Gasteiger partial charge in [0.1, 0.15) is 5.75 Å². The van der Waals surface area contributed by atoms with E-state index in [4.69, 9.17) is 0 Å². The van der Waals surface area contributed by atoms with Crippen molar-refractivity contribution in [2.24, 2.45) is 5.92 Å². The van der Waals surface area contributed by atoms with Crippen LogP contribution in [0.25, 0.3) is 0 Å². The van der Waals surface area contributed by atoms with Gasteiger partial charge in [0.2, 0.25) is 0 Å². The third-order valence-electron chi connectivity index (χ3n) is 4.97. The number of hydrogen-bond donors (Lipinski definition) is 5. The van der Waals surface area contributed by atoms with Crippen molar-refractivity contribution in [3.05, 3.63) is 65.2 Å². The van der Waals surface area contributed by atoms with Gasteiger partial charge in [0, 0.05) is 19.5 Å². The smallest absolute Gasteiger partial charge is 0.164 e. The number of phenols is 1. The number of aliphatic hydroxyl groups excluding tert-OH is 2. The first-order valence-electron chi connectivity index (χ1n) is 9.61. The van der Waals surface area contributed by atoms with Crippen molar-refractivity contribution in [1.29, 1.82) is 0 Å². The average molecular weight is 389 g/mol. The first kappa shape index (κ1) is 22.3. The molecule has 1 atom stereocenters. The van der Waals surface area contributed by atoms with Crippen LogP contribution in [0.1, 0.15) is 29.5 Å². The summed E-state index contributed by atoms with van der Waals surface area (Å²) in [6, 6.07) is 15.0. The molecule has 0 saturated heterocycles. The molecule has 0 aliphatic heterocycles. The molecule has 0 bridgehead atoms. The van der Waals surface area contributed by atoms with Gasteiger partial charge in [-0.15, -0.1) is 0 Å². The number of aromatic hydroxyl groups is 1. The molecule has 6 heteroatoms. The lowest BCUT2D eigenvalue weighted by Crippen LogP contribution is -2.34. The van der Waals surface area contributed by atoms with E-state index in [1.807, 2.05) is 48.2 Å². The van der Waals surface area contributed by atoms with Crippen LogP contribution < -0.4 is 0 Å². The van der Waals surface area contributed by atoms with Crippen molar-refractivity contribution in [2.75, 3.05) is 13.1 Å². The molecule has 0 aliphatic rings. The van der Waals surface area contributed by atoms with Gasteiger partial charge in [-0.25, -0.2) is 0 Å². The minimum atomic E-state index is -1.44. The second-order valence-electron chi connectivity index (χ2n) is 7.35. The zero-order chi connectivity index (χ0) is 20.5. The Hall–Kier alpha value is -1.96. The molecule has 0 amide bonds. The highest BCUT2D eigenvalue weighted by Gasteiger charge is 2.18. The van der Waals surface area contributed by atoms with E-state index in [0.29, 0.717) is 25.9 Å². The largest absolute Gasteiger partial charge is 0.508 e. The summed E-state index contributed by atoms with van der Waals surface area (Å²) in [4.78, 5) is 1.95. The zero-order valence-corrected chi connectivity index (χ0v) is 16.3. The highest BCUT2D eigenvalue weighted by Crippen LogP contribution is 2.24. The first-order chi connectivity index (χ1) is 13.3. The summed E-state index contributed by atoms with van der Waals surface area (Å²) < 4.78 is 0. The Labute approximate surface area is 166 Å². The Balaban J connectivity index is 2.05. The monoisotopic (exact) mass is 389 g/mol. The number of aliphatic hydroxyl groups is 4. The number of hydrogen-bond acceptors (Lipinski definition) is 6. The van der Waals surface area contributed by atoms with Crippen LogP contribution in [0.15, 0.2) is 48.5 Å². The van der Waals surface area contributed by atoms with E-state index in [9.17, 15) is 25.5 Å². The maximum absolute atomic E-state index is 10.0. The lowest BCUT2D eigenvalue weighted by Gasteiger charge is -2.27.